The molecule has 0 N–H and O–H groups in total. The second-order valence-electron chi connectivity index (χ2n) is 3.72. The normalized spacial score (nSPS) is 9.94. The summed E-state index contributed by atoms with van der Waals surface area (Å²) >= 11 is 5.86. The third kappa shape index (κ3) is 4.75. The van der Waals surface area contributed by atoms with Crippen molar-refractivity contribution in [1.29, 1.82) is 0 Å². The van der Waals surface area contributed by atoms with Crippen molar-refractivity contribution in [3.8, 4) is 5.75 Å². The number of ketones is 1. The summed E-state index contributed by atoms with van der Waals surface area (Å²) in [5, 5.41) is 0.639. The first-order valence-electron chi connectivity index (χ1n) is 5.59. The molecule has 0 bridgehead atoms. The van der Waals surface area contributed by atoms with E-state index in [0.717, 1.165) is 5.56 Å². The van der Waals surface area contributed by atoms with Gasteiger partial charge in [0.2, 0.25) is 0 Å². The Morgan fingerprint density at radius 2 is 2.06 bits per heavy atom. The lowest BCUT2D eigenvalue weighted by Crippen LogP contribution is -2.17. The molecule has 0 saturated carbocycles. The number of ether oxygens (including phenoxy) is 2. The second-order valence-corrected chi connectivity index (χ2v) is 4.13. The molecule has 4 nitrogen and oxygen atoms in total. The van der Waals surface area contributed by atoms with E-state index in [-0.39, 0.29) is 25.4 Å². The standard InChI is InChI=1S/C13H15ClO4/c1-3-17-13(16)7-10(15)8-18-11-4-5-12(14)9(2)6-11/h4-6H,3,7-8H2,1-2H3. The molecule has 1 rings (SSSR count). The van der Waals surface area contributed by atoms with Crippen LogP contribution in [0.1, 0.15) is 18.9 Å². The molecule has 1 aromatic carbocycles. The van der Waals surface area contributed by atoms with Crippen LogP contribution in [-0.2, 0) is 14.3 Å². The first kappa shape index (κ1) is 14.5. The van der Waals surface area contributed by atoms with Gasteiger partial charge in [-0.3, -0.25) is 9.59 Å². The van der Waals surface area contributed by atoms with Crippen molar-refractivity contribution in [3.05, 3.63) is 28.8 Å². The third-order valence-corrected chi connectivity index (χ3v) is 2.60. The van der Waals surface area contributed by atoms with E-state index in [2.05, 4.69) is 4.74 Å². The number of carbonyl (C=O) groups is 2. The molecule has 0 aliphatic carbocycles. The number of benzene rings is 1. The van der Waals surface area contributed by atoms with Crippen LogP contribution >= 0.6 is 11.6 Å². The van der Waals surface area contributed by atoms with Crippen LogP contribution in [0.25, 0.3) is 0 Å². The molecule has 0 spiro atoms. The van der Waals surface area contributed by atoms with Crippen molar-refractivity contribution in [1.82, 2.24) is 0 Å². The Hall–Kier alpha value is -1.55. The van der Waals surface area contributed by atoms with Gasteiger partial charge in [0.25, 0.3) is 0 Å². The van der Waals surface area contributed by atoms with Crippen molar-refractivity contribution in [3.63, 3.8) is 0 Å². The summed E-state index contributed by atoms with van der Waals surface area (Å²) in [6.45, 7) is 3.65. The maximum absolute atomic E-state index is 11.4. The van der Waals surface area contributed by atoms with Gasteiger partial charge in [-0.1, -0.05) is 11.6 Å². The van der Waals surface area contributed by atoms with Gasteiger partial charge in [0, 0.05) is 5.02 Å². The lowest BCUT2D eigenvalue weighted by molar-refractivity contribution is -0.145. The molecule has 98 valence electrons. The average Bonchev–Trinajstić information content (AvgIpc) is 2.31. The van der Waals surface area contributed by atoms with E-state index in [1.54, 1.807) is 25.1 Å². The van der Waals surface area contributed by atoms with Crippen molar-refractivity contribution in [2.75, 3.05) is 13.2 Å². The van der Waals surface area contributed by atoms with Crippen LogP contribution in [0.4, 0.5) is 0 Å². The molecule has 0 amide bonds. The maximum Gasteiger partial charge on any atom is 0.313 e. The summed E-state index contributed by atoms with van der Waals surface area (Å²) in [6.07, 6.45) is -0.263. The van der Waals surface area contributed by atoms with E-state index >= 15 is 0 Å². The monoisotopic (exact) mass is 270 g/mol. The SMILES string of the molecule is CCOC(=O)CC(=O)COc1ccc(Cl)c(C)c1. The van der Waals surface area contributed by atoms with Crippen molar-refractivity contribution in [2.45, 2.75) is 20.3 Å². The number of Topliss-reactive ketones (excluding diaryl/α,β-unsaturated/α-hetero) is 1. The van der Waals surface area contributed by atoms with Crippen LogP contribution in [0, 0.1) is 6.92 Å². The molecule has 0 radical (unpaired) electrons. The van der Waals surface area contributed by atoms with Gasteiger partial charge >= 0.3 is 5.97 Å². The molecule has 1 aromatic rings. The smallest absolute Gasteiger partial charge is 0.313 e. The van der Waals surface area contributed by atoms with Crippen LogP contribution < -0.4 is 4.74 Å². The highest BCUT2D eigenvalue weighted by atomic mass is 35.5. The molecular weight excluding hydrogens is 256 g/mol. The number of rotatable bonds is 6. The molecule has 5 heteroatoms. The van der Waals surface area contributed by atoms with E-state index in [0.29, 0.717) is 10.8 Å². The number of esters is 1. The maximum atomic E-state index is 11.4. The fraction of sp³-hybridized carbons (Fsp3) is 0.385. The van der Waals surface area contributed by atoms with Crippen molar-refractivity contribution in [2.24, 2.45) is 0 Å². The number of carbonyl (C=O) groups excluding carboxylic acids is 2. The zero-order chi connectivity index (χ0) is 13.5. The van der Waals surface area contributed by atoms with Crippen molar-refractivity contribution < 1.29 is 19.1 Å². The number of aryl methyl sites for hydroxylation is 1. The summed E-state index contributed by atoms with van der Waals surface area (Å²) in [6, 6.07) is 5.11. The van der Waals surface area contributed by atoms with Gasteiger partial charge in [0.15, 0.2) is 5.78 Å². The van der Waals surface area contributed by atoms with E-state index < -0.39 is 5.97 Å². The minimum Gasteiger partial charge on any atom is -0.486 e. The number of hydrogen-bond acceptors (Lipinski definition) is 4. The minimum absolute atomic E-state index is 0.153. The Morgan fingerprint density at radius 3 is 2.67 bits per heavy atom. The Kier molecular flexibility index (Phi) is 5.65. The highest BCUT2D eigenvalue weighted by Gasteiger charge is 2.11. The predicted octanol–water partition coefficient (Wildman–Crippen LogP) is 2.55. The van der Waals surface area contributed by atoms with Gasteiger partial charge in [0.05, 0.1) is 6.61 Å². The topological polar surface area (TPSA) is 52.6 Å². The van der Waals surface area contributed by atoms with E-state index in [1.165, 1.54) is 0 Å². The highest BCUT2D eigenvalue weighted by Crippen LogP contribution is 2.20. The van der Waals surface area contributed by atoms with Gasteiger partial charge in [0.1, 0.15) is 18.8 Å². The zero-order valence-corrected chi connectivity index (χ0v) is 11.1. The number of hydrogen-bond donors (Lipinski definition) is 0. The third-order valence-electron chi connectivity index (χ3n) is 2.18. The van der Waals surface area contributed by atoms with Crippen LogP contribution in [0.15, 0.2) is 18.2 Å². The van der Waals surface area contributed by atoms with Crippen LogP contribution in [0.2, 0.25) is 5.02 Å². The summed E-state index contributed by atoms with van der Waals surface area (Å²) in [5.41, 5.74) is 0.868. The lowest BCUT2D eigenvalue weighted by atomic mass is 10.2. The van der Waals surface area contributed by atoms with Crippen molar-refractivity contribution >= 4 is 23.4 Å². The Morgan fingerprint density at radius 1 is 1.33 bits per heavy atom. The van der Waals surface area contributed by atoms with Crippen LogP contribution in [0.5, 0.6) is 5.75 Å². The van der Waals surface area contributed by atoms with E-state index in [4.69, 9.17) is 16.3 Å². The van der Waals surface area contributed by atoms with Gasteiger partial charge in [-0.2, -0.15) is 0 Å². The molecule has 0 unspecified atom stereocenters. The fourth-order valence-corrected chi connectivity index (χ4v) is 1.41. The molecule has 18 heavy (non-hydrogen) atoms. The number of halogens is 1. The van der Waals surface area contributed by atoms with Crippen LogP contribution in [0.3, 0.4) is 0 Å². The lowest BCUT2D eigenvalue weighted by Gasteiger charge is -2.07. The molecule has 0 saturated heterocycles. The zero-order valence-electron chi connectivity index (χ0n) is 10.4. The molecular formula is C13H15ClO4. The average molecular weight is 271 g/mol. The molecule has 0 fully saturated rings. The highest BCUT2D eigenvalue weighted by molar-refractivity contribution is 6.31. The van der Waals surface area contributed by atoms with Gasteiger partial charge < -0.3 is 9.47 Å². The largest absolute Gasteiger partial charge is 0.486 e. The fourth-order valence-electron chi connectivity index (χ4n) is 1.29. The Balaban J connectivity index is 2.42. The van der Waals surface area contributed by atoms with Gasteiger partial charge in [-0.25, -0.2) is 0 Å². The first-order chi connectivity index (χ1) is 8.52. The van der Waals surface area contributed by atoms with Crippen LogP contribution in [-0.4, -0.2) is 25.0 Å². The summed E-state index contributed by atoms with van der Waals surface area (Å²) in [5.74, 6) is -0.298. The Labute approximate surface area is 111 Å². The summed E-state index contributed by atoms with van der Waals surface area (Å²) in [7, 11) is 0. The molecule has 0 aliphatic rings. The Bertz CT molecular complexity index is 443. The predicted molar refractivity (Wildman–Crippen MR) is 67.9 cm³/mol. The van der Waals surface area contributed by atoms with Gasteiger partial charge in [-0.05, 0) is 37.6 Å². The molecule has 0 atom stereocenters. The quantitative estimate of drug-likeness (QED) is 0.589. The molecule has 0 aliphatic heterocycles. The van der Waals surface area contributed by atoms with E-state index in [9.17, 15) is 9.59 Å². The molecule has 0 aromatic heterocycles. The van der Waals surface area contributed by atoms with Gasteiger partial charge in [-0.15, -0.1) is 0 Å². The summed E-state index contributed by atoms with van der Waals surface area (Å²) in [4.78, 5) is 22.4. The summed E-state index contributed by atoms with van der Waals surface area (Å²) < 4.78 is 9.93. The first-order valence-corrected chi connectivity index (χ1v) is 5.97. The molecule has 0 heterocycles. The second kappa shape index (κ2) is 7.01. The van der Waals surface area contributed by atoms with E-state index in [1.807, 2.05) is 6.92 Å². The minimum atomic E-state index is -0.529.